The lowest BCUT2D eigenvalue weighted by molar-refractivity contribution is 0.195. The Kier molecular flexibility index (Phi) is 5.08. The first-order valence-electron chi connectivity index (χ1n) is 5.77. The molecule has 0 fully saturated rings. The Hall–Kier alpha value is -0.610. The molecule has 1 aliphatic rings. The van der Waals surface area contributed by atoms with Gasteiger partial charge in [0.2, 0.25) is 10.0 Å². The average molecular weight is 380 g/mol. The standard InChI is InChI=1S/C11H14BrN3O3S2/c1-15(6-8(12)7-18-2)20(16,17)10-5-3-4-9-11(10)14-19-13-9/h3-5,8H,6-7H2,1-2H3. The zero-order valence-corrected chi connectivity index (χ0v) is 14.2. The average Bonchev–Trinajstić information content (AvgIpc) is 2.86. The second-order valence-corrected chi connectivity index (χ2v) is 8.06. The highest BCUT2D eigenvalue weighted by atomic mass is 79.9. The molecule has 1 aromatic rings. The van der Waals surface area contributed by atoms with Crippen molar-refractivity contribution in [1.29, 1.82) is 0 Å². The van der Waals surface area contributed by atoms with Crippen LogP contribution >= 0.6 is 15.9 Å². The highest BCUT2D eigenvalue weighted by Gasteiger charge is 2.27. The Labute approximate surface area is 130 Å². The maximum Gasteiger partial charge on any atom is 0.245 e. The number of nitrogens with zero attached hydrogens (tertiary/aromatic N) is 3. The molecule has 1 heterocycles. The summed E-state index contributed by atoms with van der Waals surface area (Å²) in [4.78, 5) is 0.114. The van der Waals surface area contributed by atoms with E-state index in [2.05, 4.69) is 24.7 Å². The molecule has 1 aliphatic heterocycles. The van der Waals surface area contributed by atoms with Crippen molar-refractivity contribution in [3.05, 3.63) is 18.2 Å². The van der Waals surface area contributed by atoms with Crippen molar-refractivity contribution in [3.63, 3.8) is 0 Å². The molecule has 1 atom stereocenters. The zero-order chi connectivity index (χ0) is 14.8. The minimum absolute atomic E-state index is 0.0694. The van der Waals surface area contributed by atoms with E-state index in [1.165, 1.54) is 11.4 Å². The van der Waals surface area contributed by atoms with Crippen LogP contribution in [0.15, 0.2) is 31.8 Å². The fourth-order valence-corrected chi connectivity index (χ4v) is 4.62. The van der Waals surface area contributed by atoms with Crippen LogP contribution in [0.5, 0.6) is 0 Å². The van der Waals surface area contributed by atoms with Crippen molar-refractivity contribution < 1.29 is 13.2 Å². The molecule has 0 radical (unpaired) electrons. The Morgan fingerprint density at radius 1 is 1.45 bits per heavy atom. The molecule has 0 N–H and O–H groups in total. The number of hydrogen-bond donors (Lipinski definition) is 0. The maximum atomic E-state index is 12.6. The van der Waals surface area contributed by atoms with Gasteiger partial charge in [-0.15, -0.1) is 0 Å². The molecule has 0 aliphatic carbocycles. The van der Waals surface area contributed by atoms with E-state index in [0.717, 1.165) is 11.4 Å². The monoisotopic (exact) mass is 379 g/mol. The molecule has 1 aromatic carbocycles. The fraction of sp³-hybridized carbons (Fsp3) is 0.455. The van der Waals surface area contributed by atoms with Gasteiger partial charge in [0.15, 0.2) is 0 Å². The summed E-state index contributed by atoms with van der Waals surface area (Å²) < 4.78 is 39.6. The van der Waals surface area contributed by atoms with Crippen LogP contribution in [0, 0.1) is 0 Å². The molecular formula is C11H14BrN3O3S2. The van der Waals surface area contributed by atoms with E-state index in [0.29, 0.717) is 24.5 Å². The van der Waals surface area contributed by atoms with Gasteiger partial charge < -0.3 is 4.74 Å². The lowest BCUT2D eigenvalue weighted by Gasteiger charge is -2.20. The largest absolute Gasteiger partial charge is 0.383 e. The number of ether oxygens (including phenoxy) is 1. The van der Waals surface area contributed by atoms with Gasteiger partial charge in [-0.1, -0.05) is 22.0 Å². The first kappa shape index (κ1) is 15.8. The minimum Gasteiger partial charge on any atom is -0.383 e. The number of methoxy groups -OCH3 is 1. The Morgan fingerprint density at radius 3 is 2.90 bits per heavy atom. The van der Waals surface area contributed by atoms with Gasteiger partial charge in [-0.25, -0.2) is 8.42 Å². The van der Waals surface area contributed by atoms with Crippen molar-refractivity contribution in [1.82, 2.24) is 4.31 Å². The molecule has 0 bridgehead atoms. The summed E-state index contributed by atoms with van der Waals surface area (Å²) in [6.45, 7) is 0.743. The number of halogens is 1. The molecule has 0 spiro atoms. The molecule has 0 amide bonds. The molecule has 0 saturated heterocycles. The van der Waals surface area contributed by atoms with Crippen LogP contribution in [0.3, 0.4) is 0 Å². The number of rotatable bonds is 6. The third-order valence-electron chi connectivity index (χ3n) is 2.74. The van der Waals surface area contributed by atoms with Crippen LogP contribution in [0.1, 0.15) is 0 Å². The normalized spacial score (nSPS) is 15.2. The number of benzene rings is 1. The summed E-state index contributed by atoms with van der Waals surface area (Å²) in [5.74, 6) is 0. The van der Waals surface area contributed by atoms with E-state index in [1.54, 1.807) is 25.3 Å². The molecule has 0 saturated carbocycles. The van der Waals surface area contributed by atoms with Crippen molar-refractivity contribution >= 4 is 48.7 Å². The summed E-state index contributed by atoms with van der Waals surface area (Å²) in [7, 11) is -0.484. The van der Waals surface area contributed by atoms with Gasteiger partial charge in [0.1, 0.15) is 16.3 Å². The Balaban J connectivity index is 2.28. The molecule has 110 valence electrons. The van der Waals surface area contributed by atoms with Gasteiger partial charge in [0, 0.05) is 20.7 Å². The van der Waals surface area contributed by atoms with Crippen molar-refractivity contribution in [2.24, 2.45) is 8.73 Å². The zero-order valence-electron chi connectivity index (χ0n) is 11.0. The van der Waals surface area contributed by atoms with Crippen LogP contribution in [0.2, 0.25) is 0 Å². The molecule has 0 aromatic heterocycles. The van der Waals surface area contributed by atoms with E-state index in [-0.39, 0.29) is 9.72 Å². The van der Waals surface area contributed by atoms with E-state index in [9.17, 15) is 8.42 Å². The van der Waals surface area contributed by atoms with E-state index in [4.69, 9.17) is 4.74 Å². The van der Waals surface area contributed by atoms with Gasteiger partial charge in [0.05, 0.1) is 22.8 Å². The molecule has 6 nitrogen and oxygen atoms in total. The van der Waals surface area contributed by atoms with Gasteiger partial charge in [0.25, 0.3) is 0 Å². The third kappa shape index (κ3) is 3.17. The highest BCUT2D eigenvalue weighted by Crippen LogP contribution is 2.38. The van der Waals surface area contributed by atoms with Crippen LogP contribution in [0.25, 0.3) is 0 Å². The first-order valence-corrected chi connectivity index (χ1v) is 8.86. The third-order valence-corrected chi connectivity index (χ3v) is 5.69. The van der Waals surface area contributed by atoms with Crippen molar-refractivity contribution in [3.8, 4) is 0 Å². The van der Waals surface area contributed by atoms with Gasteiger partial charge in [-0.05, 0) is 12.1 Å². The van der Waals surface area contributed by atoms with E-state index in [1.807, 2.05) is 0 Å². The smallest absolute Gasteiger partial charge is 0.245 e. The number of alkyl halides is 1. The Bertz CT molecular complexity index is 671. The Morgan fingerprint density at radius 2 is 2.20 bits per heavy atom. The maximum absolute atomic E-state index is 12.6. The number of sulfonamides is 1. The molecule has 9 heteroatoms. The summed E-state index contributed by atoms with van der Waals surface area (Å²) in [5, 5.41) is 0. The SMILES string of the molecule is COCC(Br)CN(C)S(=O)(=O)c1cccc2c1N=S=N2. The summed E-state index contributed by atoms with van der Waals surface area (Å²) in [5.41, 5.74) is 1.01. The van der Waals surface area contributed by atoms with Crippen LogP contribution < -0.4 is 0 Å². The second-order valence-electron chi connectivity index (χ2n) is 4.23. The second kappa shape index (κ2) is 6.44. The van der Waals surface area contributed by atoms with Crippen molar-refractivity contribution in [2.45, 2.75) is 9.72 Å². The van der Waals surface area contributed by atoms with E-state index < -0.39 is 10.0 Å². The first-order chi connectivity index (χ1) is 9.46. The molecule has 1 unspecified atom stereocenters. The fourth-order valence-electron chi connectivity index (χ4n) is 1.77. The molecule has 2 rings (SSSR count). The summed E-state index contributed by atoms with van der Waals surface area (Å²) in [6, 6.07) is 4.97. The van der Waals surface area contributed by atoms with E-state index >= 15 is 0 Å². The highest BCUT2D eigenvalue weighted by molar-refractivity contribution is 9.09. The molecular weight excluding hydrogens is 366 g/mol. The van der Waals surface area contributed by atoms with Gasteiger partial charge in [-0.3, -0.25) is 0 Å². The van der Waals surface area contributed by atoms with Crippen LogP contribution in [-0.4, -0.2) is 44.9 Å². The summed E-state index contributed by atoms with van der Waals surface area (Å²) in [6.07, 6.45) is 0. The minimum atomic E-state index is -3.60. The number of fused-ring (bicyclic) bond motifs is 1. The van der Waals surface area contributed by atoms with Gasteiger partial charge >= 0.3 is 0 Å². The summed E-state index contributed by atoms with van der Waals surface area (Å²) >= 11 is 4.39. The lowest BCUT2D eigenvalue weighted by atomic mass is 10.3. The molecule has 20 heavy (non-hydrogen) atoms. The quantitative estimate of drug-likeness (QED) is 0.723. The van der Waals surface area contributed by atoms with Gasteiger partial charge in [-0.2, -0.15) is 13.0 Å². The lowest BCUT2D eigenvalue weighted by Crippen LogP contribution is -2.33. The van der Waals surface area contributed by atoms with Crippen LogP contribution in [0.4, 0.5) is 11.4 Å². The predicted octanol–water partition coefficient (Wildman–Crippen LogP) is 2.44. The van der Waals surface area contributed by atoms with Crippen molar-refractivity contribution in [2.75, 3.05) is 27.3 Å². The number of hydrogen-bond acceptors (Lipinski definition) is 5. The predicted molar refractivity (Wildman–Crippen MR) is 82.4 cm³/mol. The van der Waals surface area contributed by atoms with Crippen LogP contribution in [-0.2, 0) is 26.1 Å². The topological polar surface area (TPSA) is 71.3 Å².